The zero-order valence-electron chi connectivity index (χ0n) is 20.2. The molecule has 0 aliphatic rings. The van der Waals surface area contributed by atoms with Gasteiger partial charge in [0.1, 0.15) is 0 Å². The summed E-state index contributed by atoms with van der Waals surface area (Å²) in [6.45, 7) is 0. The Morgan fingerprint density at radius 2 is 1.08 bits per heavy atom. The first-order valence-electron chi connectivity index (χ1n) is 12.3. The average molecular weight is 526 g/mol. The Labute approximate surface area is 229 Å². The number of aromatic nitrogens is 3. The zero-order chi connectivity index (χ0) is 25.5. The Balaban J connectivity index is 1.38. The fourth-order valence-electron chi connectivity index (χ4n) is 4.92. The summed E-state index contributed by atoms with van der Waals surface area (Å²) in [6.07, 6.45) is 0. The number of benzene rings is 5. The van der Waals surface area contributed by atoms with E-state index < -0.39 is 0 Å². The lowest BCUT2D eigenvalue weighted by atomic mass is 9.98. The van der Waals surface area contributed by atoms with Crippen molar-refractivity contribution in [2.75, 3.05) is 0 Å². The largest absolute Gasteiger partial charge is 0.226 e. The quantitative estimate of drug-likeness (QED) is 0.229. The Morgan fingerprint density at radius 1 is 0.474 bits per heavy atom. The van der Waals surface area contributed by atoms with Gasteiger partial charge in [-0.2, -0.15) is 9.97 Å². The van der Waals surface area contributed by atoms with Gasteiger partial charge in [-0.15, -0.1) is 11.3 Å². The van der Waals surface area contributed by atoms with Gasteiger partial charge in [0.2, 0.25) is 5.28 Å². The van der Waals surface area contributed by atoms with Crippen LogP contribution in [-0.2, 0) is 0 Å². The molecule has 0 aliphatic carbocycles. The normalized spacial score (nSPS) is 11.3. The molecule has 7 rings (SSSR count). The van der Waals surface area contributed by atoms with E-state index in [0.29, 0.717) is 11.6 Å². The molecule has 3 nitrogen and oxygen atoms in total. The third-order valence-electron chi connectivity index (χ3n) is 6.71. The van der Waals surface area contributed by atoms with Crippen molar-refractivity contribution in [2.45, 2.75) is 0 Å². The molecule has 2 aromatic heterocycles. The Bertz CT molecular complexity index is 1910. The van der Waals surface area contributed by atoms with E-state index >= 15 is 0 Å². The second-order valence-electron chi connectivity index (χ2n) is 9.02. The van der Waals surface area contributed by atoms with Gasteiger partial charge in [-0.05, 0) is 39.9 Å². The smallest absolute Gasteiger partial charge is 0.208 e. The first-order chi connectivity index (χ1) is 18.7. The zero-order valence-corrected chi connectivity index (χ0v) is 21.7. The SMILES string of the molecule is Clc1nc(-c2ccccc2)nc(-c2cccc3sc4c(-c5ccc(-c6ccccc6)cc5)cccc4c23)n1. The van der Waals surface area contributed by atoms with E-state index in [2.05, 4.69) is 94.9 Å². The molecule has 0 aliphatic heterocycles. The maximum Gasteiger partial charge on any atom is 0.226 e. The van der Waals surface area contributed by atoms with Crippen LogP contribution in [0.5, 0.6) is 0 Å². The highest BCUT2D eigenvalue weighted by Gasteiger charge is 2.17. The van der Waals surface area contributed by atoms with E-state index in [4.69, 9.17) is 16.6 Å². The van der Waals surface area contributed by atoms with Gasteiger partial charge in [-0.1, -0.05) is 115 Å². The van der Waals surface area contributed by atoms with Gasteiger partial charge in [0.15, 0.2) is 11.6 Å². The lowest BCUT2D eigenvalue weighted by molar-refractivity contribution is 1.07. The Morgan fingerprint density at radius 3 is 1.84 bits per heavy atom. The average Bonchev–Trinajstić information content (AvgIpc) is 3.37. The third-order valence-corrected chi connectivity index (χ3v) is 8.08. The Hall–Kier alpha value is -4.38. The van der Waals surface area contributed by atoms with Crippen LogP contribution in [0.15, 0.2) is 121 Å². The van der Waals surface area contributed by atoms with Crippen LogP contribution in [0.4, 0.5) is 0 Å². The predicted octanol–water partition coefficient (Wildman–Crippen LogP) is 9.56. The lowest BCUT2D eigenvalue weighted by Crippen LogP contribution is -1.97. The van der Waals surface area contributed by atoms with Crippen LogP contribution in [0.1, 0.15) is 0 Å². The minimum Gasteiger partial charge on any atom is -0.208 e. The highest BCUT2D eigenvalue weighted by atomic mass is 35.5. The third kappa shape index (κ3) is 4.04. The number of thiophene rings is 1. The summed E-state index contributed by atoms with van der Waals surface area (Å²) in [6, 6.07) is 41.9. The minimum atomic E-state index is 0.185. The molecule has 5 heteroatoms. The summed E-state index contributed by atoms with van der Waals surface area (Å²) in [5.74, 6) is 1.14. The van der Waals surface area contributed by atoms with Crippen molar-refractivity contribution in [2.24, 2.45) is 0 Å². The van der Waals surface area contributed by atoms with E-state index in [9.17, 15) is 0 Å². The maximum atomic E-state index is 6.40. The number of halogens is 1. The summed E-state index contributed by atoms with van der Waals surface area (Å²) < 4.78 is 2.43. The van der Waals surface area contributed by atoms with E-state index in [0.717, 1.165) is 16.5 Å². The van der Waals surface area contributed by atoms with Crippen molar-refractivity contribution in [1.82, 2.24) is 15.0 Å². The molecule has 0 fully saturated rings. The molecule has 0 atom stereocenters. The second kappa shape index (κ2) is 9.49. The highest BCUT2D eigenvalue weighted by molar-refractivity contribution is 7.26. The van der Waals surface area contributed by atoms with E-state index in [1.54, 1.807) is 11.3 Å². The maximum absolute atomic E-state index is 6.40. The first kappa shape index (κ1) is 22.8. The van der Waals surface area contributed by atoms with Crippen LogP contribution >= 0.6 is 22.9 Å². The van der Waals surface area contributed by atoms with Gasteiger partial charge in [0.05, 0.1) is 0 Å². The van der Waals surface area contributed by atoms with Gasteiger partial charge in [-0.3, -0.25) is 0 Å². The van der Waals surface area contributed by atoms with Crippen molar-refractivity contribution in [3.8, 4) is 45.0 Å². The van der Waals surface area contributed by atoms with Crippen LogP contribution in [0.25, 0.3) is 65.2 Å². The highest BCUT2D eigenvalue weighted by Crippen LogP contribution is 2.43. The summed E-state index contributed by atoms with van der Waals surface area (Å²) in [7, 11) is 0. The van der Waals surface area contributed by atoms with Gasteiger partial charge >= 0.3 is 0 Å². The molecule has 0 amide bonds. The number of nitrogens with zero attached hydrogens (tertiary/aromatic N) is 3. The van der Waals surface area contributed by atoms with Gasteiger partial charge in [0, 0.05) is 31.3 Å². The summed E-state index contributed by atoms with van der Waals surface area (Å²) in [5, 5.41) is 2.50. The standard InChI is InChI=1S/C33H20ClN3S/c34-33-36-31(24-11-5-2-6-12-24)35-32(37-33)27-15-8-16-28-29(27)26-14-7-13-25(30(26)38-28)23-19-17-22(18-20-23)21-9-3-1-4-10-21/h1-20H. The molecule has 180 valence electrons. The van der Waals surface area contributed by atoms with E-state index in [-0.39, 0.29) is 5.28 Å². The van der Waals surface area contributed by atoms with Gasteiger partial charge in [-0.25, -0.2) is 4.98 Å². The van der Waals surface area contributed by atoms with E-state index in [1.165, 1.54) is 37.0 Å². The molecule has 0 radical (unpaired) electrons. The molecule has 5 aromatic carbocycles. The van der Waals surface area contributed by atoms with Crippen LogP contribution in [0, 0.1) is 0 Å². The lowest BCUT2D eigenvalue weighted by Gasteiger charge is -2.08. The molecule has 0 spiro atoms. The molecule has 0 bridgehead atoms. The monoisotopic (exact) mass is 525 g/mol. The van der Waals surface area contributed by atoms with Crippen molar-refractivity contribution in [1.29, 1.82) is 0 Å². The molecule has 7 aromatic rings. The van der Waals surface area contributed by atoms with Crippen LogP contribution in [0.2, 0.25) is 5.28 Å². The topological polar surface area (TPSA) is 38.7 Å². The van der Waals surface area contributed by atoms with Crippen LogP contribution < -0.4 is 0 Å². The molecular weight excluding hydrogens is 506 g/mol. The fraction of sp³-hybridized carbons (Fsp3) is 0. The number of hydrogen-bond donors (Lipinski definition) is 0. The second-order valence-corrected chi connectivity index (χ2v) is 10.4. The van der Waals surface area contributed by atoms with Crippen LogP contribution in [0.3, 0.4) is 0 Å². The van der Waals surface area contributed by atoms with E-state index in [1.807, 2.05) is 36.4 Å². The summed E-state index contributed by atoms with van der Waals surface area (Å²) in [5.41, 5.74) is 6.69. The molecule has 2 heterocycles. The van der Waals surface area contributed by atoms with Crippen molar-refractivity contribution in [3.05, 3.63) is 127 Å². The molecule has 0 saturated carbocycles. The molecular formula is C33H20ClN3S. The van der Waals surface area contributed by atoms with Crippen LogP contribution in [-0.4, -0.2) is 15.0 Å². The summed E-state index contributed by atoms with van der Waals surface area (Å²) >= 11 is 8.19. The molecule has 38 heavy (non-hydrogen) atoms. The fourth-order valence-corrected chi connectivity index (χ4v) is 6.35. The molecule has 0 unspecified atom stereocenters. The predicted molar refractivity (Wildman–Crippen MR) is 159 cm³/mol. The van der Waals surface area contributed by atoms with Gasteiger partial charge in [0.25, 0.3) is 0 Å². The minimum absolute atomic E-state index is 0.185. The Kier molecular flexibility index (Phi) is 5.69. The first-order valence-corrected chi connectivity index (χ1v) is 13.5. The molecule has 0 N–H and O–H groups in total. The summed E-state index contributed by atoms with van der Waals surface area (Å²) in [4.78, 5) is 13.7. The van der Waals surface area contributed by atoms with Crippen molar-refractivity contribution < 1.29 is 0 Å². The van der Waals surface area contributed by atoms with Gasteiger partial charge < -0.3 is 0 Å². The number of rotatable bonds is 4. The number of hydrogen-bond acceptors (Lipinski definition) is 4. The number of fused-ring (bicyclic) bond motifs is 3. The molecule has 0 saturated heterocycles. The van der Waals surface area contributed by atoms with Crippen molar-refractivity contribution >= 4 is 43.1 Å². The van der Waals surface area contributed by atoms with Crippen molar-refractivity contribution in [3.63, 3.8) is 0 Å².